The molecule has 0 saturated heterocycles. The molecular weight excluding hydrogens is 222 g/mol. The molecule has 0 aliphatic rings. The van der Waals surface area contributed by atoms with Gasteiger partial charge in [0.15, 0.2) is 0 Å². The Balaban J connectivity index is 0.00000128. The molecule has 1 aromatic heterocycles. The summed E-state index contributed by atoms with van der Waals surface area (Å²) in [5.41, 5.74) is 9.25. The Bertz CT molecular complexity index is 446. The van der Waals surface area contributed by atoms with Gasteiger partial charge in [-0.15, -0.1) is 12.4 Å². The van der Waals surface area contributed by atoms with Crippen LogP contribution in [0.15, 0.2) is 36.7 Å². The SMILES string of the molecule is CC(N)c1ccc(-c2cnn(C)c2)cc1.Cl. The lowest BCUT2D eigenvalue weighted by Gasteiger charge is -2.05. The van der Waals surface area contributed by atoms with Crippen LogP contribution in [0.4, 0.5) is 0 Å². The van der Waals surface area contributed by atoms with Crippen LogP contribution in [0.1, 0.15) is 18.5 Å². The summed E-state index contributed by atoms with van der Waals surface area (Å²) in [5, 5.41) is 4.14. The number of hydrogen-bond donors (Lipinski definition) is 1. The topological polar surface area (TPSA) is 43.8 Å². The number of hydrogen-bond acceptors (Lipinski definition) is 2. The van der Waals surface area contributed by atoms with Crippen molar-refractivity contribution in [2.45, 2.75) is 13.0 Å². The maximum absolute atomic E-state index is 5.79. The first kappa shape index (κ1) is 12.7. The molecule has 1 aromatic carbocycles. The lowest BCUT2D eigenvalue weighted by Crippen LogP contribution is -2.04. The number of halogens is 1. The third-order valence-corrected chi connectivity index (χ3v) is 2.47. The van der Waals surface area contributed by atoms with E-state index < -0.39 is 0 Å². The van der Waals surface area contributed by atoms with E-state index in [2.05, 4.69) is 29.4 Å². The third-order valence-electron chi connectivity index (χ3n) is 2.47. The highest BCUT2D eigenvalue weighted by Crippen LogP contribution is 2.20. The molecule has 0 radical (unpaired) electrons. The molecule has 0 fully saturated rings. The number of aromatic nitrogens is 2. The first-order valence-electron chi connectivity index (χ1n) is 5.01. The molecule has 3 nitrogen and oxygen atoms in total. The molecule has 0 amide bonds. The van der Waals surface area contributed by atoms with Crippen LogP contribution in [-0.4, -0.2) is 9.78 Å². The number of nitrogens with two attached hydrogens (primary N) is 1. The monoisotopic (exact) mass is 237 g/mol. The molecular formula is C12H16ClN3. The second-order valence-corrected chi connectivity index (χ2v) is 3.81. The van der Waals surface area contributed by atoms with E-state index in [9.17, 15) is 0 Å². The van der Waals surface area contributed by atoms with E-state index in [1.54, 1.807) is 4.68 Å². The van der Waals surface area contributed by atoms with Crippen molar-refractivity contribution in [3.05, 3.63) is 42.2 Å². The Kier molecular flexibility index (Phi) is 4.10. The van der Waals surface area contributed by atoms with Gasteiger partial charge in [-0.1, -0.05) is 24.3 Å². The van der Waals surface area contributed by atoms with Gasteiger partial charge in [0.05, 0.1) is 6.20 Å². The predicted octanol–water partition coefficient (Wildman–Crippen LogP) is 2.53. The molecule has 1 atom stereocenters. The Morgan fingerprint density at radius 1 is 1.19 bits per heavy atom. The van der Waals surface area contributed by atoms with Crippen molar-refractivity contribution in [1.29, 1.82) is 0 Å². The fraction of sp³-hybridized carbons (Fsp3) is 0.250. The molecule has 2 aromatic rings. The number of aryl methyl sites for hydroxylation is 1. The van der Waals surface area contributed by atoms with Gasteiger partial charge in [-0.3, -0.25) is 4.68 Å². The summed E-state index contributed by atoms with van der Waals surface area (Å²) in [6, 6.07) is 8.37. The minimum absolute atomic E-state index is 0. The van der Waals surface area contributed by atoms with Crippen LogP contribution in [0.2, 0.25) is 0 Å². The largest absolute Gasteiger partial charge is 0.324 e. The summed E-state index contributed by atoms with van der Waals surface area (Å²) >= 11 is 0. The van der Waals surface area contributed by atoms with Gasteiger partial charge in [-0.2, -0.15) is 5.10 Å². The van der Waals surface area contributed by atoms with Gasteiger partial charge >= 0.3 is 0 Å². The van der Waals surface area contributed by atoms with Gasteiger partial charge in [0.25, 0.3) is 0 Å². The second kappa shape index (κ2) is 5.14. The molecule has 86 valence electrons. The van der Waals surface area contributed by atoms with Crippen LogP contribution >= 0.6 is 12.4 Å². The standard InChI is InChI=1S/C12H15N3.ClH/c1-9(13)10-3-5-11(6-4-10)12-7-14-15(2)8-12;/h3-9H,13H2,1-2H3;1H. The molecule has 4 heteroatoms. The van der Waals surface area contributed by atoms with E-state index in [1.807, 2.05) is 26.4 Å². The first-order valence-corrected chi connectivity index (χ1v) is 5.01. The second-order valence-electron chi connectivity index (χ2n) is 3.81. The summed E-state index contributed by atoms with van der Waals surface area (Å²) in [5.74, 6) is 0. The molecule has 1 heterocycles. The quantitative estimate of drug-likeness (QED) is 0.872. The number of nitrogens with zero attached hydrogens (tertiary/aromatic N) is 2. The zero-order valence-corrected chi connectivity index (χ0v) is 10.2. The van der Waals surface area contributed by atoms with Gasteiger partial charge < -0.3 is 5.73 Å². The summed E-state index contributed by atoms with van der Waals surface area (Å²) in [4.78, 5) is 0. The smallest absolute Gasteiger partial charge is 0.0568 e. The van der Waals surface area contributed by atoms with Gasteiger partial charge in [0, 0.05) is 24.8 Å². The Hall–Kier alpha value is -1.32. The van der Waals surface area contributed by atoms with Gasteiger partial charge in [0.2, 0.25) is 0 Å². The Labute approximate surface area is 102 Å². The van der Waals surface area contributed by atoms with E-state index in [4.69, 9.17) is 5.73 Å². The Morgan fingerprint density at radius 3 is 2.25 bits per heavy atom. The molecule has 2 rings (SSSR count). The summed E-state index contributed by atoms with van der Waals surface area (Å²) in [7, 11) is 1.92. The van der Waals surface area contributed by atoms with E-state index >= 15 is 0 Å². The van der Waals surface area contributed by atoms with Crippen LogP contribution in [0, 0.1) is 0 Å². The van der Waals surface area contributed by atoms with Crippen LogP contribution in [0.3, 0.4) is 0 Å². The highest BCUT2D eigenvalue weighted by atomic mass is 35.5. The highest BCUT2D eigenvalue weighted by molar-refractivity contribution is 5.85. The molecule has 0 aliphatic carbocycles. The molecule has 1 unspecified atom stereocenters. The van der Waals surface area contributed by atoms with Crippen molar-refractivity contribution in [3.8, 4) is 11.1 Å². The van der Waals surface area contributed by atoms with E-state index in [0.717, 1.165) is 11.1 Å². The normalized spacial score (nSPS) is 11.9. The van der Waals surface area contributed by atoms with Crippen LogP contribution in [0.25, 0.3) is 11.1 Å². The zero-order chi connectivity index (χ0) is 10.8. The van der Waals surface area contributed by atoms with E-state index in [-0.39, 0.29) is 18.4 Å². The van der Waals surface area contributed by atoms with Crippen molar-refractivity contribution in [1.82, 2.24) is 9.78 Å². The average Bonchev–Trinajstić information content (AvgIpc) is 2.65. The minimum atomic E-state index is 0. The molecule has 0 aliphatic heterocycles. The maximum atomic E-state index is 5.79. The summed E-state index contributed by atoms with van der Waals surface area (Å²) in [6.45, 7) is 1.99. The molecule has 16 heavy (non-hydrogen) atoms. The zero-order valence-electron chi connectivity index (χ0n) is 9.42. The molecule has 0 bridgehead atoms. The fourth-order valence-electron chi connectivity index (χ4n) is 1.55. The van der Waals surface area contributed by atoms with Gasteiger partial charge in [-0.25, -0.2) is 0 Å². The predicted molar refractivity (Wildman–Crippen MR) is 68.5 cm³/mol. The lowest BCUT2D eigenvalue weighted by molar-refractivity contribution is 0.768. The van der Waals surface area contributed by atoms with E-state index in [1.165, 1.54) is 5.56 Å². The number of benzene rings is 1. The van der Waals surface area contributed by atoms with Crippen molar-refractivity contribution < 1.29 is 0 Å². The number of rotatable bonds is 2. The van der Waals surface area contributed by atoms with Crippen molar-refractivity contribution >= 4 is 12.4 Å². The van der Waals surface area contributed by atoms with Crippen molar-refractivity contribution in [2.24, 2.45) is 12.8 Å². The van der Waals surface area contributed by atoms with Gasteiger partial charge in [-0.05, 0) is 18.1 Å². The highest BCUT2D eigenvalue weighted by Gasteiger charge is 2.02. The Morgan fingerprint density at radius 2 is 1.81 bits per heavy atom. The summed E-state index contributed by atoms with van der Waals surface area (Å²) < 4.78 is 1.80. The third kappa shape index (κ3) is 2.62. The molecule has 2 N–H and O–H groups in total. The maximum Gasteiger partial charge on any atom is 0.0568 e. The van der Waals surface area contributed by atoms with Crippen molar-refractivity contribution in [3.63, 3.8) is 0 Å². The average molecular weight is 238 g/mol. The van der Waals surface area contributed by atoms with Crippen molar-refractivity contribution in [2.75, 3.05) is 0 Å². The van der Waals surface area contributed by atoms with Crippen LogP contribution < -0.4 is 5.73 Å². The van der Waals surface area contributed by atoms with Crippen LogP contribution in [-0.2, 0) is 7.05 Å². The fourth-order valence-corrected chi connectivity index (χ4v) is 1.55. The minimum Gasteiger partial charge on any atom is -0.324 e. The lowest BCUT2D eigenvalue weighted by atomic mass is 10.0. The van der Waals surface area contributed by atoms with Crippen LogP contribution in [0.5, 0.6) is 0 Å². The van der Waals surface area contributed by atoms with E-state index in [0.29, 0.717) is 0 Å². The first-order chi connectivity index (χ1) is 7.16. The molecule has 0 saturated carbocycles. The van der Waals surface area contributed by atoms with Gasteiger partial charge in [0.1, 0.15) is 0 Å². The molecule has 0 spiro atoms. The summed E-state index contributed by atoms with van der Waals surface area (Å²) in [6.07, 6.45) is 3.86.